The topological polar surface area (TPSA) is 76.7 Å². The van der Waals surface area contributed by atoms with Crippen LogP contribution in [0.2, 0.25) is 10.0 Å². The molecule has 1 aromatic rings. The zero-order chi connectivity index (χ0) is 17.0. The molecule has 2 N–H and O–H groups in total. The Labute approximate surface area is 143 Å². The molecule has 1 saturated heterocycles. The number of halogens is 2. The molecule has 2 amide bonds. The molecule has 0 unspecified atom stereocenters. The van der Waals surface area contributed by atoms with Crippen LogP contribution in [0.5, 0.6) is 0 Å². The van der Waals surface area contributed by atoms with E-state index < -0.39 is 24.0 Å². The number of nitrogens with one attached hydrogen (secondary N) is 2. The van der Waals surface area contributed by atoms with E-state index in [1.165, 1.54) is 7.11 Å². The van der Waals surface area contributed by atoms with Gasteiger partial charge in [0.05, 0.1) is 22.7 Å². The van der Waals surface area contributed by atoms with Crippen LogP contribution in [0.15, 0.2) is 30.5 Å². The van der Waals surface area contributed by atoms with Crippen molar-refractivity contribution in [1.82, 2.24) is 10.6 Å². The molecule has 23 heavy (non-hydrogen) atoms. The number of hydrogen-bond donors (Lipinski definition) is 2. The number of carbonyl (C=O) groups excluding carboxylic acids is 2. The highest BCUT2D eigenvalue weighted by Crippen LogP contribution is 2.33. The zero-order valence-corrected chi connectivity index (χ0v) is 13.9. The minimum atomic E-state index is -0.790. The molecule has 2 atom stereocenters. The molecule has 0 saturated carbocycles. The summed E-state index contributed by atoms with van der Waals surface area (Å²) < 4.78 is 10.0. The van der Waals surface area contributed by atoms with Crippen LogP contribution < -0.4 is 10.6 Å². The van der Waals surface area contributed by atoms with Gasteiger partial charge in [-0.25, -0.2) is 4.79 Å². The second-order valence-electron chi connectivity index (χ2n) is 4.91. The number of urea groups is 1. The zero-order valence-electron chi connectivity index (χ0n) is 12.4. The van der Waals surface area contributed by atoms with Crippen LogP contribution >= 0.6 is 23.2 Å². The van der Waals surface area contributed by atoms with Gasteiger partial charge in [0, 0.05) is 12.8 Å². The van der Waals surface area contributed by atoms with Gasteiger partial charge in [-0.2, -0.15) is 0 Å². The number of methoxy groups -OCH3 is 1. The van der Waals surface area contributed by atoms with Crippen LogP contribution in [0, 0.1) is 5.92 Å². The van der Waals surface area contributed by atoms with Gasteiger partial charge < -0.3 is 20.1 Å². The molecular weight excluding hydrogens is 343 g/mol. The molecule has 6 nitrogen and oxygen atoms in total. The van der Waals surface area contributed by atoms with Crippen molar-refractivity contribution in [2.24, 2.45) is 5.92 Å². The first kappa shape index (κ1) is 17.6. The summed E-state index contributed by atoms with van der Waals surface area (Å²) in [6.07, 6.45) is 0. The van der Waals surface area contributed by atoms with E-state index in [1.807, 2.05) is 0 Å². The predicted molar refractivity (Wildman–Crippen MR) is 86.3 cm³/mol. The molecule has 8 heteroatoms. The van der Waals surface area contributed by atoms with Crippen LogP contribution in [0.25, 0.3) is 0 Å². The fourth-order valence-electron chi connectivity index (χ4n) is 2.26. The first-order chi connectivity index (χ1) is 10.9. The van der Waals surface area contributed by atoms with Gasteiger partial charge in [0.2, 0.25) is 0 Å². The molecule has 1 fully saturated rings. The monoisotopic (exact) mass is 358 g/mol. The number of esters is 1. The predicted octanol–water partition coefficient (Wildman–Crippen LogP) is 2.67. The lowest BCUT2D eigenvalue weighted by molar-refractivity contribution is -0.149. The second-order valence-corrected chi connectivity index (χ2v) is 5.73. The van der Waals surface area contributed by atoms with Crippen LogP contribution in [-0.4, -0.2) is 32.3 Å². The smallest absolute Gasteiger partial charge is 0.319 e. The maximum absolute atomic E-state index is 12.3. The Balaban J connectivity index is 2.27. The quantitative estimate of drug-likeness (QED) is 0.626. The summed E-state index contributed by atoms with van der Waals surface area (Å²) in [5.74, 6) is -1.31. The summed E-state index contributed by atoms with van der Waals surface area (Å²) in [6, 6.07) is 3.78. The van der Waals surface area contributed by atoms with Gasteiger partial charge in [-0.05, 0) is 17.7 Å². The van der Waals surface area contributed by atoms with Crippen molar-refractivity contribution in [3.8, 4) is 0 Å². The van der Waals surface area contributed by atoms with Gasteiger partial charge >= 0.3 is 12.0 Å². The fourth-order valence-corrected chi connectivity index (χ4v) is 2.57. The average Bonchev–Trinajstić information content (AvgIpc) is 2.49. The highest BCUT2D eigenvalue weighted by Gasteiger charge is 2.39. The molecule has 1 aliphatic heterocycles. The highest BCUT2D eigenvalue weighted by molar-refractivity contribution is 6.42. The Hall–Kier alpha value is -1.76. The third kappa shape index (κ3) is 4.16. The SMILES string of the molecule is C=C1NC(=O)N[C@H](c2ccc(Cl)c(Cl)c2)[C@H]1C(=O)OCCOC. The lowest BCUT2D eigenvalue weighted by Crippen LogP contribution is -2.51. The molecule has 0 aliphatic carbocycles. The van der Waals surface area contributed by atoms with E-state index in [9.17, 15) is 9.59 Å². The molecule has 2 rings (SSSR count). The number of benzene rings is 1. The van der Waals surface area contributed by atoms with E-state index in [0.29, 0.717) is 15.6 Å². The third-order valence-electron chi connectivity index (χ3n) is 3.36. The van der Waals surface area contributed by atoms with Crippen molar-refractivity contribution in [3.05, 3.63) is 46.1 Å². The maximum atomic E-state index is 12.3. The van der Waals surface area contributed by atoms with E-state index in [4.69, 9.17) is 32.7 Å². The van der Waals surface area contributed by atoms with Crippen LogP contribution in [0.1, 0.15) is 11.6 Å². The van der Waals surface area contributed by atoms with Crippen LogP contribution in [-0.2, 0) is 14.3 Å². The van der Waals surface area contributed by atoms with Crippen molar-refractivity contribution >= 4 is 35.2 Å². The number of amides is 2. The van der Waals surface area contributed by atoms with Crippen molar-refractivity contribution in [2.75, 3.05) is 20.3 Å². The van der Waals surface area contributed by atoms with Gasteiger partial charge in [0.1, 0.15) is 12.5 Å². The van der Waals surface area contributed by atoms with Crippen molar-refractivity contribution in [3.63, 3.8) is 0 Å². The second kappa shape index (κ2) is 7.68. The molecular formula is C15H16Cl2N2O4. The standard InChI is InChI=1S/C15H16Cl2N2O4/c1-8-12(14(20)23-6-5-22-2)13(19-15(21)18-8)9-3-4-10(16)11(17)7-9/h3-4,7,12-13H,1,5-6H2,2H3,(H2,18,19,21)/t12-,13+/m0/s1. The summed E-state index contributed by atoms with van der Waals surface area (Å²) in [6.45, 7) is 4.14. The highest BCUT2D eigenvalue weighted by atomic mass is 35.5. The van der Waals surface area contributed by atoms with Gasteiger partial charge in [0.15, 0.2) is 0 Å². The van der Waals surface area contributed by atoms with Crippen LogP contribution in [0.4, 0.5) is 4.79 Å². The Morgan fingerprint density at radius 3 is 2.70 bits per heavy atom. The maximum Gasteiger partial charge on any atom is 0.319 e. The van der Waals surface area contributed by atoms with Crippen molar-refractivity contribution in [1.29, 1.82) is 0 Å². The van der Waals surface area contributed by atoms with Crippen molar-refractivity contribution in [2.45, 2.75) is 6.04 Å². The van der Waals surface area contributed by atoms with Crippen LogP contribution in [0.3, 0.4) is 0 Å². The molecule has 1 aliphatic rings. The summed E-state index contributed by atoms with van der Waals surface area (Å²) in [7, 11) is 1.51. The Morgan fingerprint density at radius 2 is 2.04 bits per heavy atom. The minimum absolute atomic E-state index is 0.112. The van der Waals surface area contributed by atoms with E-state index in [-0.39, 0.29) is 18.9 Å². The molecule has 0 radical (unpaired) electrons. The summed E-state index contributed by atoms with van der Waals surface area (Å²) in [4.78, 5) is 24.1. The molecule has 0 spiro atoms. The Kier molecular flexibility index (Phi) is 5.87. The van der Waals surface area contributed by atoms with E-state index in [0.717, 1.165) is 0 Å². The van der Waals surface area contributed by atoms with Crippen molar-refractivity contribution < 1.29 is 19.1 Å². The number of hydrogen-bond acceptors (Lipinski definition) is 4. The van der Waals surface area contributed by atoms with E-state index >= 15 is 0 Å². The minimum Gasteiger partial charge on any atom is -0.463 e. The lowest BCUT2D eigenvalue weighted by Gasteiger charge is -2.33. The molecule has 124 valence electrons. The number of ether oxygens (including phenoxy) is 2. The van der Waals surface area contributed by atoms with Gasteiger partial charge in [-0.15, -0.1) is 0 Å². The van der Waals surface area contributed by atoms with Gasteiger partial charge in [-0.1, -0.05) is 35.8 Å². The van der Waals surface area contributed by atoms with E-state index in [1.54, 1.807) is 18.2 Å². The third-order valence-corrected chi connectivity index (χ3v) is 4.10. The molecule has 1 heterocycles. The summed E-state index contributed by atoms with van der Waals surface area (Å²) >= 11 is 11.9. The fraction of sp³-hybridized carbons (Fsp3) is 0.333. The largest absolute Gasteiger partial charge is 0.463 e. The first-order valence-corrected chi connectivity index (χ1v) is 7.56. The van der Waals surface area contributed by atoms with E-state index in [2.05, 4.69) is 17.2 Å². The number of carbonyl (C=O) groups is 2. The lowest BCUT2D eigenvalue weighted by atomic mass is 9.89. The summed E-state index contributed by atoms with van der Waals surface area (Å²) in [5, 5.41) is 5.89. The normalized spacial score (nSPS) is 20.7. The van der Waals surface area contributed by atoms with Gasteiger partial charge in [-0.3, -0.25) is 4.79 Å². The molecule has 0 aromatic heterocycles. The Morgan fingerprint density at radius 1 is 1.30 bits per heavy atom. The molecule has 1 aromatic carbocycles. The average molecular weight is 359 g/mol. The number of rotatable bonds is 5. The Bertz CT molecular complexity index is 636. The van der Waals surface area contributed by atoms with Gasteiger partial charge in [0.25, 0.3) is 0 Å². The first-order valence-electron chi connectivity index (χ1n) is 6.81. The summed E-state index contributed by atoms with van der Waals surface area (Å²) in [5.41, 5.74) is 0.885. The molecule has 0 bridgehead atoms.